The van der Waals surface area contributed by atoms with Gasteiger partial charge in [0.25, 0.3) is 0 Å². The van der Waals surface area contributed by atoms with Crippen molar-refractivity contribution in [3.05, 3.63) is 59.4 Å². The molecule has 1 aliphatic rings. The number of pyridine rings is 1. The third-order valence-electron chi connectivity index (χ3n) is 4.99. The molecule has 1 saturated heterocycles. The van der Waals surface area contributed by atoms with Gasteiger partial charge < -0.3 is 19.1 Å². The summed E-state index contributed by atoms with van der Waals surface area (Å²) in [4.78, 5) is 18.5. The van der Waals surface area contributed by atoms with Gasteiger partial charge in [0.1, 0.15) is 5.60 Å². The summed E-state index contributed by atoms with van der Waals surface area (Å²) in [5, 5.41) is 0. The highest BCUT2D eigenvalue weighted by Crippen LogP contribution is 2.36. The lowest BCUT2D eigenvalue weighted by molar-refractivity contribution is 0.0236. The van der Waals surface area contributed by atoms with E-state index in [1.165, 1.54) is 5.57 Å². The molecule has 2 aromatic rings. The lowest BCUT2D eigenvalue weighted by atomic mass is 9.89. The first kappa shape index (κ1) is 21.7. The molecule has 1 aromatic heterocycles. The van der Waals surface area contributed by atoms with Crippen molar-refractivity contribution in [3.8, 4) is 11.5 Å². The molecule has 0 unspecified atom stereocenters. The lowest BCUT2D eigenvalue weighted by Crippen LogP contribution is -2.40. The van der Waals surface area contributed by atoms with E-state index < -0.39 is 5.60 Å². The van der Waals surface area contributed by atoms with E-state index in [-0.39, 0.29) is 6.09 Å². The summed E-state index contributed by atoms with van der Waals surface area (Å²) >= 11 is 0. The number of piperidine rings is 1. The van der Waals surface area contributed by atoms with Gasteiger partial charge in [0.15, 0.2) is 11.5 Å². The first-order valence-corrected chi connectivity index (χ1v) is 10.1. The zero-order chi connectivity index (χ0) is 21.7. The SMILES string of the molecule is COc1ccc(C(=C2CCN(C(=O)OC(C)(C)C)CC2)c2cccnc2)cc1OC. The second kappa shape index (κ2) is 9.20. The molecule has 0 spiro atoms. The Hall–Kier alpha value is -3.02. The summed E-state index contributed by atoms with van der Waals surface area (Å²) in [5.74, 6) is 1.37. The monoisotopic (exact) mass is 410 g/mol. The number of benzene rings is 1. The van der Waals surface area contributed by atoms with Gasteiger partial charge in [-0.1, -0.05) is 17.7 Å². The maximum atomic E-state index is 12.4. The van der Waals surface area contributed by atoms with Crippen LogP contribution in [0.15, 0.2) is 48.3 Å². The van der Waals surface area contributed by atoms with Crippen molar-refractivity contribution in [2.75, 3.05) is 27.3 Å². The Bertz CT molecular complexity index is 907. The van der Waals surface area contributed by atoms with Gasteiger partial charge in [0.2, 0.25) is 0 Å². The molecule has 0 aliphatic carbocycles. The van der Waals surface area contributed by atoms with Crippen molar-refractivity contribution in [1.82, 2.24) is 9.88 Å². The molecule has 3 rings (SSSR count). The fourth-order valence-electron chi connectivity index (χ4n) is 3.61. The molecule has 1 amide bonds. The summed E-state index contributed by atoms with van der Waals surface area (Å²) in [6, 6.07) is 9.95. The molecule has 30 heavy (non-hydrogen) atoms. The molecule has 0 N–H and O–H groups in total. The molecule has 0 radical (unpaired) electrons. The van der Waals surface area contributed by atoms with Crippen LogP contribution in [-0.4, -0.2) is 48.9 Å². The number of rotatable bonds is 4. The van der Waals surface area contributed by atoms with Crippen molar-refractivity contribution in [1.29, 1.82) is 0 Å². The quantitative estimate of drug-likeness (QED) is 0.715. The highest BCUT2D eigenvalue weighted by molar-refractivity contribution is 5.83. The molecule has 6 nitrogen and oxygen atoms in total. The molecule has 160 valence electrons. The van der Waals surface area contributed by atoms with E-state index in [0.717, 1.165) is 29.5 Å². The van der Waals surface area contributed by atoms with E-state index in [2.05, 4.69) is 11.1 Å². The van der Waals surface area contributed by atoms with Crippen LogP contribution in [0.4, 0.5) is 4.79 Å². The Morgan fingerprint density at radius 2 is 1.70 bits per heavy atom. The minimum atomic E-state index is -0.492. The first-order valence-electron chi connectivity index (χ1n) is 10.1. The fourth-order valence-corrected chi connectivity index (χ4v) is 3.61. The van der Waals surface area contributed by atoms with E-state index in [4.69, 9.17) is 14.2 Å². The summed E-state index contributed by atoms with van der Waals surface area (Å²) in [6.45, 7) is 6.91. The van der Waals surface area contributed by atoms with Gasteiger partial charge in [-0.2, -0.15) is 0 Å². The topological polar surface area (TPSA) is 60.9 Å². The molecule has 0 bridgehead atoms. The third-order valence-corrected chi connectivity index (χ3v) is 4.99. The Morgan fingerprint density at radius 3 is 2.27 bits per heavy atom. The second-order valence-corrected chi connectivity index (χ2v) is 8.26. The third kappa shape index (κ3) is 5.12. The minimum Gasteiger partial charge on any atom is -0.493 e. The Kier molecular flexibility index (Phi) is 6.65. The highest BCUT2D eigenvalue weighted by atomic mass is 16.6. The van der Waals surface area contributed by atoms with Crippen LogP contribution in [0.1, 0.15) is 44.7 Å². The Balaban J connectivity index is 1.93. The van der Waals surface area contributed by atoms with Crippen molar-refractivity contribution < 1.29 is 19.0 Å². The van der Waals surface area contributed by atoms with Crippen LogP contribution in [0.5, 0.6) is 11.5 Å². The van der Waals surface area contributed by atoms with Gasteiger partial charge in [-0.05, 0) is 62.9 Å². The van der Waals surface area contributed by atoms with Crippen LogP contribution in [0.25, 0.3) is 5.57 Å². The average molecular weight is 411 g/mol. The smallest absolute Gasteiger partial charge is 0.410 e. The van der Waals surface area contributed by atoms with Crippen LogP contribution in [-0.2, 0) is 4.74 Å². The summed E-state index contributed by atoms with van der Waals surface area (Å²) < 4.78 is 16.4. The number of amides is 1. The summed E-state index contributed by atoms with van der Waals surface area (Å²) in [7, 11) is 3.27. The van der Waals surface area contributed by atoms with Gasteiger partial charge in [0.05, 0.1) is 14.2 Å². The van der Waals surface area contributed by atoms with E-state index >= 15 is 0 Å². The fraction of sp³-hybridized carbons (Fsp3) is 0.417. The zero-order valence-corrected chi connectivity index (χ0v) is 18.4. The molecule has 2 heterocycles. The highest BCUT2D eigenvalue weighted by Gasteiger charge is 2.26. The number of hydrogen-bond acceptors (Lipinski definition) is 5. The number of ether oxygens (including phenoxy) is 3. The summed E-state index contributed by atoms with van der Waals surface area (Å²) in [5.41, 5.74) is 4.02. The number of hydrogen-bond donors (Lipinski definition) is 0. The van der Waals surface area contributed by atoms with Crippen molar-refractivity contribution in [2.45, 2.75) is 39.2 Å². The molecular weight excluding hydrogens is 380 g/mol. The standard InChI is InChI=1S/C24H30N2O4/c1-24(2,3)30-23(27)26-13-10-17(11-14-26)22(19-7-6-12-25-16-19)18-8-9-20(28-4)21(15-18)29-5/h6-9,12,15-16H,10-11,13-14H2,1-5H3. The van der Waals surface area contributed by atoms with E-state index in [1.807, 2.05) is 51.2 Å². The Morgan fingerprint density at radius 1 is 1.00 bits per heavy atom. The first-order chi connectivity index (χ1) is 14.3. The minimum absolute atomic E-state index is 0.254. The van der Waals surface area contributed by atoms with Gasteiger partial charge >= 0.3 is 6.09 Å². The molecule has 1 fully saturated rings. The Labute approximate surface area is 178 Å². The van der Waals surface area contributed by atoms with E-state index in [0.29, 0.717) is 24.6 Å². The number of methoxy groups -OCH3 is 2. The van der Waals surface area contributed by atoms with Crippen LogP contribution < -0.4 is 9.47 Å². The van der Waals surface area contributed by atoms with Gasteiger partial charge in [-0.15, -0.1) is 0 Å². The average Bonchev–Trinajstić information content (AvgIpc) is 2.74. The number of carbonyl (C=O) groups is 1. The maximum Gasteiger partial charge on any atom is 0.410 e. The molecule has 0 saturated carbocycles. The van der Waals surface area contributed by atoms with Crippen LogP contribution >= 0.6 is 0 Å². The van der Waals surface area contributed by atoms with E-state index in [9.17, 15) is 4.79 Å². The van der Waals surface area contributed by atoms with E-state index in [1.54, 1.807) is 25.3 Å². The predicted octanol–water partition coefficient (Wildman–Crippen LogP) is 4.93. The molecular formula is C24H30N2O4. The lowest BCUT2D eigenvalue weighted by Gasteiger charge is -2.32. The number of likely N-dealkylation sites (tertiary alicyclic amines) is 1. The maximum absolute atomic E-state index is 12.4. The molecule has 6 heteroatoms. The normalized spacial score (nSPS) is 14.3. The van der Waals surface area contributed by atoms with Crippen LogP contribution in [0.2, 0.25) is 0 Å². The zero-order valence-electron chi connectivity index (χ0n) is 18.4. The summed E-state index contributed by atoms with van der Waals surface area (Å²) in [6.07, 6.45) is 4.94. The molecule has 0 atom stereocenters. The van der Waals surface area contributed by atoms with Crippen molar-refractivity contribution in [2.24, 2.45) is 0 Å². The predicted molar refractivity (Wildman–Crippen MR) is 117 cm³/mol. The van der Waals surface area contributed by atoms with Crippen molar-refractivity contribution in [3.63, 3.8) is 0 Å². The second-order valence-electron chi connectivity index (χ2n) is 8.26. The van der Waals surface area contributed by atoms with Gasteiger partial charge in [-0.25, -0.2) is 4.79 Å². The van der Waals surface area contributed by atoms with Gasteiger partial charge in [-0.3, -0.25) is 4.98 Å². The molecule has 1 aromatic carbocycles. The van der Waals surface area contributed by atoms with Crippen LogP contribution in [0, 0.1) is 0 Å². The van der Waals surface area contributed by atoms with Crippen LogP contribution in [0.3, 0.4) is 0 Å². The number of carbonyl (C=O) groups excluding carboxylic acids is 1. The number of aromatic nitrogens is 1. The number of nitrogens with zero attached hydrogens (tertiary/aromatic N) is 2. The van der Waals surface area contributed by atoms with Crippen molar-refractivity contribution >= 4 is 11.7 Å². The van der Waals surface area contributed by atoms with Gasteiger partial charge in [0, 0.05) is 31.0 Å². The molecule has 1 aliphatic heterocycles. The largest absolute Gasteiger partial charge is 0.493 e.